The fraction of sp³-hybridized carbons (Fsp3) is 0.727. The second-order valence-electron chi connectivity index (χ2n) is 3.87. The predicted molar refractivity (Wildman–Crippen MR) is 61.0 cm³/mol. The highest BCUT2D eigenvalue weighted by molar-refractivity contribution is 5.28. The average Bonchev–Trinajstić information content (AvgIpc) is 2.61. The van der Waals surface area contributed by atoms with Crippen molar-refractivity contribution in [3.05, 3.63) is 11.9 Å². The summed E-state index contributed by atoms with van der Waals surface area (Å²) < 4.78 is 7.20. The van der Waals surface area contributed by atoms with Gasteiger partial charge in [-0.15, -0.1) is 0 Å². The molecule has 4 nitrogen and oxygen atoms in total. The smallest absolute Gasteiger partial charge is 0.161 e. The molecule has 0 aromatic carbocycles. The third-order valence-electron chi connectivity index (χ3n) is 2.99. The van der Waals surface area contributed by atoms with Gasteiger partial charge >= 0.3 is 0 Å². The molecule has 1 heterocycles. The molecule has 15 heavy (non-hydrogen) atoms. The lowest BCUT2D eigenvalue weighted by Crippen LogP contribution is -2.25. The lowest BCUT2D eigenvalue weighted by atomic mass is 9.96. The van der Waals surface area contributed by atoms with Gasteiger partial charge < -0.3 is 10.1 Å². The molecule has 1 aromatic rings. The highest BCUT2D eigenvalue weighted by Crippen LogP contribution is 2.30. The van der Waals surface area contributed by atoms with Gasteiger partial charge in [-0.2, -0.15) is 5.10 Å². The molecule has 0 aliphatic heterocycles. The van der Waals surface area contributed by atoms with Crippen LogP contribution in [0.5, 0.6) is 5.75 Å². The SMILES string of the molecule is CCC(C)C(NC)c1c(OC)cnn1C. The van der Waals surface area contributed by atoms with Crippen molar-refractivity contribution in [2.45, 2.75) is 26.3 Å². The van der Waals surface area contributed by atoms with Crippen LogP contribution in [0.3, 0.4) is 0 Å². The Morgan fingerprint density at radius 2 is 2.27 bits per heavy atom. The lowest BCUT2D eigenvalue weighted by molar-refractivity contribution is 0.351. The number of aryl methyl sites for hydroxylation is 1. The Morgan fingerprint density at radius 1 is 1.60 bits per heavy atom. The zero-order valence-electron chi connectivity index (χ0n) is 10.2. The van der Waals surface area contributed by atoms with Crippen molar-refractivity contribution in [1.82, 2.24) is 15.1 Å². The molecule has 0 aliphatic rings. The number of nitrogens with zero attached hydrogens (tertiary/aromatic N) is 2. The first-order valence-electron chi connectivity index (χ1n) is 5.38. The van der Waals surface area contributed by atoms with Gasteiger partial charge in [0.25, 0.3) is 0 Å². The zero-order chi connectivity index (χ0) is 11.4. The van der Waals surface area contributed by atoms with Gasteiger partial charge in [0.05, 0.1) is 25.0 Å². The van der Waals surface area contributed by atoms with E-state index in [0.29, 0.717) is 5.92 Å². The van der Waals surface area contributed by atoms with Crippen LogP contribution in [0.15, 0.2) is 6.20 Å². The van der Waals surface area contributed by atoms with Gasteiger partial charge in [-0.25, -0.2) is 0 Å². The normalized spacial score (nSPS) is 15.0. The Bertz CT molecular complexity index is 309. The molecule has 1 rings (SSSR count). The van der Waals surface area contributed by atoms with Gasteiger partial charge in [-0.1, -0.05) is 20.3 Å². The van der Waals surface area contributed by atoms with Gasteiger partial charge in [0.15, 0.2) is 5.75 Å². The zero-order valence-corrected chi connectivity index (χ0v) is 10.2. The number of nitrogens with one attached hydrogen (secondary N) is 1. The molecule has 2 unspecified atom stereocenters. The molecule has 0 radical (unpaired) electrons. The van der Waals surface area contributed by atoms with Crippen molar-refractivity contribution in [3.8, 4) is 5.75 Å². The van der Waals surface area contributed by atoms with Crippen LogP contribution in [0, 0.1) is 5.92 Å². The number of ether oxygens (including phenoxy) is 1. The molecular weight excluding hydrogens is 190 g/mol. The number of rotatable bonds is 5. The molecule has 0 spiro atoms. The fourth-order valence-electron chi connectivity index (χ4n) is 1.87. The Hall–Kier alpha value is -1.03. The van der Waals surface area contributed by atoms with Gasteiger partial charge in [0, 0.05) is 7.05 Å². The van der Waals surface area contributed by atoms with Crippen molar-refractivity contribution >= 4 is 0 Å². The first-order chi connectivity index (χ1) is 7.15. The van der Waals surface area contributed by atoms with Crippen LogP contribution < -0.4 is 10.1 Å². The van der Waals surface area contributed by atoms with E-state index in [4.69, 9.17) is 4.74 Å². The number of hydrogen-bond donors (Lipinski definition) is 1. The summed E-state index contributed by atoms with van der Waals surface area (Å²) in [5.41, 5.74) is 1.12. The van der Waals surface area contributed by atoms with Gasteiger partial charge in [-0.3, -0.25) is 4.68 Å². The largest absolute Gasteiger partial charge is 0.493 e. The predicted octanol–water partition coefficient (Wildman–Crippen LogP) is 1.74. The van der Waals surface area contributed by atoms with E-state index in [9.17, 15) is 0 Å². The molecule has 2 atom stereocenters. The van der Waals surface area contributed by atoms with Crippen LogP contribution in [0.1, 0.15) is 32.0 Å². The van der Waals surface area contributed by atoms with E-state index in [0.717, 1.165) is 17.9 Å². The summed E-state index contributed by atoms with van der Waals surface area (Å²) in [6.45, 7) is 4.42. The van der Waals surface area contributed by atoms with E-state index in [1.165, 1.54) is 0 Å². The summed E-state index contributed by atoms with van der Waals surface area (Å²) in [5, 5.41) is 7.55. The van der Waals surface area contributed by atoms with Crippen LogP contribution in [0.4, 0.5) is 0 Å². The van der Waals surface area contributed by atoms with Crippen LogP contribution in [0.2, 0.25) is 0 Å². The van der Waals surface area contributed by atoms with Crippen molar-refractivity contribution < 1.29 is 4.74 Å². The summed E-state index contributed by atoms with van der Waals surface area (Å²) in [5.74, 6) is 1.41. The molecule has 4 heteroatoms. The molecule has 1 N–H and O–H groups in total. The highest BCUT2D eigenvalue weighted by Gasteiger charge is 2.23. The van der Waals surface area contributed by atoms with Crippen LogP contribution in [0.25, 0.3) is 0 Å². The van der Waals surface area contributed by atoms with Crippen molar-refractivity contribution in [3.63, 3.8) is 0 Å². The molecule has 1 aromatic heterocycles. The molecule has 0 saturated heterocycles. The summed E-state index contributed by atoms with van der Waals surface area (Å²) >= 11 is 0. The minimum atomic E-state index is 0.289. The fourth-order valence-corrected chi connectivity index (χ4v) is 1.87. The monoisotopic (exact) mass is 211 g/mol. The first kappa shape index (κ1) is 12.0. The van der Waals surface area contributed by atoms with Crippen molar-refractivity contribution in [2.24, 2.45) is 13.0 Å². The molecule has 0 amide bonds. The molecule has 86 valence electrons. The maximum Gasteiger partial charge on any atom is 0.161 e. The average molecular weight is 211 g/mol. The van der Waals surface area contributed by atoms with Crippen LogP contribution in [-0.2, 0) is 7.05 Å². The van der Waals surface area contributed by atoms with Crippen molar-refractivity contribution in [1.29, 1.82) is 0 Å². The first-order valence-corrected chi connectivity index (χ1v) is 5.38. The van der Waals surface area contributed by atoms with E-state index in [1.807, 2.05) is 18.8 Å². The third kappa shape index (κ3) is 2.31. The number of methoxy groups -OCH3 is 1. The summed E-state index contributed by atoms with van der Waals surface area (Å²) in [4.78, 5) is 0. The third-order valence-corrected chi connectivity index (χ3v) is 2.99. The second kappa shape index (κ2) is 5.16. The molecule has 0 saturated carbocycles. The van der Waals surface area contributed by atoms with Gasteiger partial charge in [0.1, 0.15) is 0 Å². The summed E-state index contributed by atoms with van der Waals surface area (Å²) in [6, 6.07) is 0.289. The number of hydrogen-bond acceptors (Lipinski definition) is 3. The van der Waals surface area contributed by atoms with E-state index >= 15 is 0 Å². The maximum absolute atomic E-state index is 5.32. The van der Waals surface area contributed by atoms with Gasteiger partial charge in [-0.05, 0) is 13.0 Å². The van der Waals surface area contributed by atoms with E-state index < -0.39 is 0 Å². The molecule has 0 aliphatic carbocycles. The van der Waals surface area contributed by atoms with Crippen molar-refractivity contribution in [2.75, 3.05) is 14.2 Å². The van der Waals surface area contributed by atoms with Crippen LogP contribution >= 0.6 is 0 Å². The second-order valence-corrected chi connectivity index (χ2v) is 3.87. The standard InChI is InChI=1S/C11H21N3O/c1-6-8(2)10(12-3)11-9(15-5)7-13-14(11)4/h7-8,10,12H,6H2,1-5H3. The van der Waals surface area contributed by atoms with E-state index in [-0.39, 0.29) is 6.04 Å². The number of aromatic nitrogens is 2. The maximum atomic E-state index is 5.32. The quantitative estimate of drug-likeness (QED) is 0.806. The minimum Gasteiger partial charge on any atom is -0.493 e. The van der Waals surface area contributed by atoms with Gasteiger partial charge in [0.2, 0.25) is 0 Å². The van der Waals surface area contributed by atoms with E-state index in [1.54, 1.807) is 13.3 Å². The topological polar surface area (TPSA) is 39.1 Å². The lowest BCUT2D eigenvalue weighted by Gasteiger charge is -2.23. The summed E-state index contributed by atoms with van der Waals surface area (Å²) in [6.07, 6.45) is 2.89. The molecule has 0 fully saturated rings. The Morgan fingerprint density at radius 3 is 2.73 bits per heavy atom. The molecule has 0 bridgehead atoms. The van der Waals surface area contributed by atoms with Crippen LogP contribution in [-0.4, -0.2) is 23.9 Å². The Balaban J connectivity index is 3.04. The minimum absolute atomic E-state index is 0.289. The summed E-state index contributed by atoms with van der Waals surface area (Å²) in [7, 11) is 5.61. The Labute approximate surface area is 91.6 Å². The molecular formula is C11H21N3O. The highest BCUT2D eigenvalue weighted by atomic mass is 16.5. The van der Waals surface area contributed by atoms with E-state index in [2.05, 4.69) is 24.3 Å². The Kier molecular flexibility index (Phi) is 4.15.